The number of hydrogen-bond acceptors (Lipinski definition) is 16. The van der Waals surface area contributed by atoms with Crippen molar-refractivity contribution >= 4 is 36.1 Å². The monoisotopic (exact) mass is 867 g/mol. The Morgan fingerprint density at radius 3 is 2.41 bits per heavy atom. The van der Waals surface area contributed by atoms with Gasteiger partial charge in [-0.15, -0.1) is 0 Å². The number of benzene rings is 1. The third kappa shape index (κ3) is 13.7. The van der Waals surface area contributed by atoms with E-state index < -0.39 is 103 Å². The number of anilines is 1. The van der Waals surface area contributed by atoms with Crippen LogP contribution in [0.5, 0.6) is 0 Å². The van der Waals surface area contributed by atoms with Crippen LogP contribution >= 0.6 is 0 Å². The molecule has 1 aromatic rings. The lowest BCUT2D eigenvalue weighted by Crippen LogP contribution is -2.63. The Kier molecular flexibility index (Phi) is 19.5. The molecule has 3 fully saturated rings. The van der Waals surface area contributed by atoms with Crippen LogP contribution in [-0.4, -0.2) is 176 Å². The van der Waals surface area contributed by atoms with Crippen LogP contribution in [0, 0.1) is 17.7 Å². The van der Waals surface area contributed by atoms with E-state index in [0.717, 1.165) is 0 Å². The van der Waals surface area contributed by atoms with Gasteiger partial charge in [-0.1, -0.05) is 26.0 Å². The number of nitrogens with zero attached hydrogens (tertiary/aromatic N) is 3. The number of rotatable bonds is 13. The normalized spacial score (nSPS) is 34.0. The molecule has 3 unspecified atom stereocenters. The van der Waals surface area contributed by atoms with Gasteiger partial charge in [0.1, 0.15) is 42.6 Å². The van der Waals surface area contributed by atoms with Crippen molar-refractivity contribution in [3.8, 4) is 0 Å². The minimum atomic E-state index is -1.38. The van der Waals surface area contributed by atoms with E-state index >= 15 is 4.39 Å². The van der Waals surface area contributed by atoms with E-state index in [1.54, 1.807) is 51.1 Å². The first-order chi connectivity index (χ1) is 29.0. The topological polar surface area (TPSA) is 214 Å². The van der Waals surface area contributed by atoms with Crippen LogP contribution in [0.2, 0.25) is 0 Å². The van der Waals surface area contributed by atoms with Crippen LogP contribution in [0.4, 0.5) is 14.9 Å². The smallest absolute Gasteiger partial charge is 0.414 e. The van der Waals surface area contributed by atoms with Crippen LogP contribution in [-0.2, 0) is 42.8 Å². The number of methoxy groups -OCH3 is 1. The van der Waals surface area contributed by atoms with E-state index in [-0.39, 0.29) is 62.5 Å². The summed E-state index contributed by atoms with van der Waals surface area (Å²) in [4.78, 5) is 56.2. The summed E-state index contributed by atoms with van der Waals surface area (Å²) in [5.41, 5.74) is 0.493. The molecule has 13 atom stereocenters. The Bertz CT molecular complexity index is 1620. The highest BCUT2D eigenvalue weighted by Crippen LogP contribution is 2.34. The Morgan fingerprint density at radius 2 is 1.79 bits per heavy atom. The zero-order valence-electron chi connectivity index (χ0n) is 36.3. The number of aliphatic hydroxyl groups excluding tert-OH is 4. The number of esters is 2. The molecule has 1 amide bonds. The van der Waals surface area contributed by atoms with Crippen molar-refractivity contribution in [2.75, 3.05) is 59.4 Å². The van der Waals surface area contributed by atoms with Crippen molar-refractivity contribution < 1.29 is 72.4 Å². The first-order valence-corrected chi connectivity index (χ1v) is 21.1. The molecule has 4 rings (SSSR count). The zero-order valence-corrected chi connectivity index (χ0v) is 36.3. The molecule has 4 N–H and O–H groups in total. The van der Waals surface area contributed by atoms with Gasteiger partial charge >= 0.3 is 18.0 Å². The molecule has 3 saturated heterocycles. The molecule has 0 saturated carbocycles. The summed E-state index contributed by atoms with van der Waals surface area (Å²) in [6, 6.07) is 3.46. The number of halogens is 1. The van der Waals surface area contributed by atoms with Crippen LogP contribution in [0.15, 0.2) is 24.3 Å². The van der Waals surface area contributed by atoms with Gasteiger partial charge in [-0.25, -0.2) is 9.18 Å². The molecule has 0 bridgehead atoms. The minimum absolute atomic E-state index is 0.0390. The molecule has 0 spiro atoms. The van der Waals surface area contributed by atoms with Gasteiger partial charge < -0.3 is 63.4 Å². The highest BCUT2D eigenvalue weighted by atomic mass is 19.1. The second-order valence-corrected chi connectivity index (χ2v) is 16.6. The summed E-state index contributed by atoms with van der Waals surface area (Å²) in [5.74, 6) is -3.06. The van der Waals surface area contributed by atoms with Crippen molar-refractivity contribution in [1.82, 2.24) is 9.80 Å². The van der Waals surface area contributed by atoms with E-state index in [1.165, 1.54) is 24.1 Å². The number of amides is 1. The summed E-state index contributed by atoms with van der Waals surface area (Å²) in [6.45, 7) is 5.62. The maximum Gasteiger partial charge on any atom is 0.414 e. The number of carbonyl (C=O) groups is 4. The zero-order chi connectivity index (χ0) is 45.0. The highest BCUT2D eigenvalue weighted by Gasteiger charge is 2.49. The predicted octanol–water partition coefficient (Wildman–Crippen LogP) is 2.29. The van der Waals surface area contributed by atoms with Crippen molar-refractivity contribution in [2.24, 2.45) is 11.8 Å². The molecule has 61 heavy (non-hydrogen) atoms. The summed E-state index contributed by atoms with van der Waals surface area (Å²) in [7, 11) is 6.60. The summed E-state index contributed by atoms with van der Waals surface area (Å²) < 4.78 is 50.8. The third-order valence-corrected chi connectivity index (χ3v) is 11.7. The van der Waals surface area contributed by atoms with Gasteiger partial charge in [0.25, 0.3) is 0 Å². The van der Waals surface area contributed by atoms with E-state index in [9.17, 15) is 39.6 Å². The Balaban J connectivity index is 1.65. The highest BCUT2D eigenvalue weighted by molar-refractivity contribution is 5.89. The number of likely N-dealkylation sites (N-methyl/N-ethyl adjacent to an activating group) is 2. The molecule has 18 heteroatoms. The van der Waals surface area contributed by atoms with E-state index in [1.807, 2.05) is 18.9 Å². The van der Waals surface area contributed by atoms with Crippen LogP contribution in [0.1, 0.15) is 71.3 Å². The number of aliphatic hydroxyl groups is 4. The van der Waals surface area contributed by atoms with E-state index in [4.69, 9.17) is 28.4 Å². The number of aldehydes is 1. The Morgan fingerprint density at radius 1 is 1.05 bits per heavy atom. The summed E-state index contributed by atoms with van der Waals surface area (Å²) in [5, 5.41) is 43.2. The number of ether oxygens (including phenoxy) is 6. The number of β-amino-alcohol motifs (C(OH)–C–C–N with tert-alkyl or cyclic N) is 1. The maximum atomic E-state index is 15.3. The maximum absolute atomic E-state index is 15.3. The standard InChI is InChI=1S/C43H66FN3O14/c1-8-35(51)60-34-21-36(52)58-30(12-9-11-27-14-15-29(20-32(27)44)47-22-31(24-49)59-43(47)55)13-10-17-46(6)23-33(50)25(2)19-28(16-18-48)40(41(34)56-7)61-42-39(54)37(45(4)5)38(53)26(3)57-42/h9,11,14-15,18,20,25-26,28,30-31,33-34,37-42,49-50,53-54H,8,10,12-13,16-17,19,21-24H2,1-7H3/t25-,26?,28+,30+,31-,33+,34-,37?,38-,39?,40+,41+,42+/m1/s1. The fourth-order valence-electron chi connectivity index (χ4n) is 8.24. The van der Waals surface area contributed by atoms with Gasteiger partial charge in [0.05, 0.1) is 55.7 Å². The molecule has 0 aliphatic carbocycles. The number of carbonyl (C=O) groups excluding carboxylic acids is 4. The third-order valence-electron chi connectivity index (χ3n) is 11.7. The van der Waals surface area contributed by atoms with Crippen molar-refractivity contribution in [1.29, 1.82) is 0 Å². The molecule has 344 valence electrons. The fourth-order valence-corrected chi connectivity index (χ4v) is 8.24. The predicted molar refractivity (Wildman–Crippen MR) is 220 cm³/mol. The molecule has 3 aliphatic rings. The second-order valence-electron chi connectivity index (χ2n) is 16.6. The average molecular weight is 868 g/mol. The molecule has 1 aromatic carbocycles. The molecule has 3 heterocycles. The van der Waals surface area contributed by atoms with Gasteiger partial charge in [-0.2, -0.15) is 0 Å². The lowest BCUT2D eigenvalue weighted by molar-refractivity contribution is -0.310. The number of hydrogen-bond donors (Lipinski definition) is 4. The quantitative estimate of drug-likeness (QED) is 0.127. The van der Waals surface area contributed by atoms with Crippen LogP contribution in [0.3, 0.4) is 0 Å². The van der Waals surface area contributed by atoms with Crippen molar-refractivity contribution in [2.45, 2.75) is 133 Å². The summed E-state index contributed by atoms with van der Waals surface area (Å²) in [6.07, 6.45) is -6.48. The van der Waals surface area contributed by atoms with Gasteiger partial charge in [0.15, 0.2) is 6.29 Å². The molecular weight excluding hydrogens is 801 g/mol. The fraction of sp³-hybridized carbons (Fsp3) is 0.721. The lowest BCUT2D eigenvalue weighted by atomic mass is 9.82. The van der Waals surface area contributed by atoms with Crippen LogP contribution < -0.4 is 4.90 Å². The molecule has 0 aromatic heterocycles. The van der Waals surface area contributed by atoms with E-state index in [2.05, 4.69) is 0 Å². The Labute approximate surface area is 357 Å². The molecular formula is C43H66FN3O14. The molecule has 3 aliphatic heterocycles. The Hall–Kier alpha value is -3.59. The lowest BCUT2D eigenvalue weighted by Gasteiger charge is -2.47. The van der Waals surface area contributed by atoms with Gasteiger partial charge in [0.2, 0.25) is 0 Å². The first-order valence-electron chi connectivity index (χ1n) is 21.1. The van der Waals surface area contributed by atoms with Gasteiger partial charge in [-0.3, -0.25) is 14.5 Å². The number of cyclic esters (lactones) is 2. The summed E-state index contributed by atoms with van der Waals surface area (Å²) >= 11 is 0. The van der Waals surface area contributed by atoms with Crippen LogP contribution in [0.25, 0.3) is 6.08 Å². The van der Waals surface area contributed by atoms with E-state index in [0.29, 0.717) is 25.7 Å². The van der Waals surface area contributed by atoms with Gasteiger partial charge in [0, 0.05) is 38.5 Å². The minimum Gasteiger partial charge on any atom is -0.462 e. The first kappa shape index (κ1) is 50.1. The average Bonchev–Trinajstić information content (AvgIpc) is 3.59. The molecule has 0 radical (unpaired) electrons. The van der Waals surface area contributed by atoms with Crippen molar-refractivity contribution in [3.05, 3.63) is 35.7 Å². The molecule has 17 nitrogen and oxygen atoms in total. The van der Waals surface area contributed by atoms with Crippen molar-refractivity contribution in [3.63, 3.8) is 0 Å². The largest absolute Gasteiger partial charge is 0.462 e. The van der Waals surface area contributed by atoms with Gasteiger partial charge in [-0.05, 0) is 83.9 Å². The SMILES string of the molecule is CCC(=O)O[C@@H]1CC(=O)O[C@@H](CC=Cc2ccc(N3C[C@H](CO)OC3=O)cc2F)CCCN(C)C[C@H](O)[C@H](C)C[C@H](CC=O)[C@H](O[C@@H]2OC(C)[C@@H](O)C(N(C)C)C2O)[C@H]1OC. The second kappa shape index (κ2) is 23.7.